The van der Waals surface area contributed by atoms with Gasteiger partial charge in [-0.2, -0.15) is 0 Å². The summed E-state index contributed by atoms with van der Waals surface area (Å²) in [5, 5.41) is 0.221. The summed E-state index contributed by atoms with van der Waals surface area (Å²) < 4.78 is 0. The van der Waals surface area contributed by atoms with Crippen LogP contribution in [0.2, 0.25) is 0 Å². The first-order chi connectivity index (χ1) is 9.45. The molecule has 2 heterocycles. The largest absolute Gasteiger partial charge is 0.383 e. The molecule has 1 aliphatic heterocycles. The second-order valence-corrected chi connectivity index (χ2v) is 6.58. The van der Waals surface area contributed by atoms with Crippen molar-refractivity contribution >= 4 is 29.3 Å². The van der Waals surface area contributed by atoms with E-state index in [2.05, 4.69) is 16.9 Å². The Morgan fingerprint density at radius 1 is 1.35 bits per heavy atom. The highest BCUT2D eigenvalue weighted by Crippen LogP contribution is 2.25. The molecule has 110 valence electrons. The lowest BCUT2D eigenvalue weighted by Crippen LogP contribution is -2.41. The molecule has 2 rings (SSSR count). The lowest BCUT2D eigenvalue weighted by Gasteiger charge is -2.31. The summed E-state index contributed by atoms with van der Waals surface area (Å²) in [6, 6.07) is 1.50. The van der Waals surface area contributed by atoms with Gasteiger partial charge in [0.15, 0.2) is 5.16 Å². The zero-order chi connectivity index (χ0) is 14.7. The summed E-state index contributed by atoms with van der Waals surface area (Å²) in [6.07, 6.45) is 2.15. The van der Waals surface area contributed by atoms with Crippen LogP contribution in [0.25, 0.3) is 0 Å². The van der Waals surface area contributed by atoms with Gasteiger partial charge in [0.25, 0.3) is 0 Å². The number of hydrogen-bond donors (Lipinski definition) is 2. The molecule has 0 radical (unpaired) electrons. The number of likely N-dealkylation sites (tertiary alicyclic amines) is 1. The molecule has 7 heteroatoms. The molecule has 4 N–H and O–H groups in total. The number of amides is 1. The summed E-state index contributed by atoms with van der Waals surface area (Å²) in [6.45, 7) is 5.77. The van der Waals surface area contributed by atoms with E-state index in [9.17, 15) is 4.79 Å². The topological polar surface area (TPSA) is 98.1 Å². The highest BCUT2D eigenvalue weighted by Gasteiger charge is 2.25. The van der Waals surface area contributed by atoms with Crippen LogP contribution in [-0.2, 0) is 4.79 Å². The predicted octanol–water partition coefficient (Wildman–Crippen LogP) is 1.38. The Hall–Kier alpha value is -1.50. The highest BCUT2D eigenvalue weighted by atomic mass is 32.2. The molecule has 0 aliphatic carbocycles. The number of carbonyl (C=O) groups is 1. The lowest BCUT2D eigenvalue weighted by atomic mass is 9.99. The third kappa shape index (κ3) is 3.75. The molecule has 1 fully saturated rings. The number of rotatable bonds is 3. The van der Waals surface area contributed by atoms with Crippen LogP contribution in [0.5, 0.6) is 0 Å². The Bertz CT molecular complexity index is 467. The maximum absolute atomic E-state index is 12.4. The van der Waals surface area contributed by atoms with Crippen molar-refractivity contribution in [3.8, 4) is 0 Å². The number of anilines is 2. The van der Waals surface area contributed by atoms with Crippen molar-refractivity contribution in [1.82, 2.24) is 14.9 Å². The third-order valence-corrected chi connectivity index (χ3v) is 4.42. The molecular formula is C13H21N5OS. The predicted molar refractivity (Wildman–Crippen MR) is 81.2 cm³/mol. The number of carbonyl (C=O) groups excluding carboxylic acids is 1. The van der Waals surface area contributed by atoms with Crippen LogP contribution in [-0.4, -0.2) is 39.1 Å². The standard InChI is InChI=1S/C13H21N5OS/c1-8-3-5-18(6-4-8)12(19)9(2)20-13-16-10(14)7-11(15)17-13/h7-9H,3-6H2,1-2H3,(H4,14,15,16,17)/t9-/m0/s1. The fourth-order valence-corrected chi connectivity index (χ4v) is 3.09. The average molecular weight is 295 g/mol. The molecule has 0 aromatic carbocycles. The SMILES string of the molecule is CC1CCN(C(=O)[C@H](C)Sc2nc(N)cc(N)n2)CC1. The van der Waals surface area contributed by atoms with E-state index in [4.69, 9.17) is 11.5 Å². The lowest BCUT2D eigenvalue weighted by molar-refractivity contribution is -0.131. The van der Waals surface area contributed by atoms with Crippen LogP contribution in [0.1, 0.15) is 26.7 Å². The summed E-state index contributed by atoms with van der Waals surface area (Å²) >= 11 is 1.30. The molecule has 0 saturated carbocycles. The van der Waals surface area contributed by atoms with Crippen molar-refractivity contribution in [2.24, 2.45) is 5.92 Å². The normalized spacial score (nSPS) is 18.0. The van der Waals surface area contributed by atoms with Crippen LogP contribution >= 0.6 is 11.8 Å². The molecular weight excluding hydrogens is 274 g/mol. The van der Waals surface area contributed by atoms with E-state index in [0.29, 0.717) is 22.7 Å². The number of aromatic nitrogens is 2. The third-order valence-electron chi connectivity index (χ3n) is 3.47. The van der Waals surface area contributed by atoms with Gasteiger partial charge in [-0.1, -0.05) is 18.7 Å². The Kier molecular flexibility index (Phi) is 4.69. The summed E-state index contributed by atoms with van der Waals surface area (Å²) in [5.41, 5.74) is 11.3. The van der Waals surface area contributed by atoms with Crippen molar-refractivity contribution in [3.05, 3.63) is 6.07 Å². The molecule has 20 heavy (non-hydrogen) atoms. The van der Waals surface area contributed by atoms with Crippen molar-refractivity contribution in [1.29, 1.82) is 0 Å². The Labute approximate surface area is 123 Å². The van der Waals surface area contributed by atoms with E-state index in [1.807, 2.05) is 11.8 Å². The Balaban J connectivity index is 1.97. The van der Waals surface area contributed by atoms with E-state index in [1.54, 1.807) is 0 Å². The highest BCUT2D eigenvalue weighted by molar-refractivity contribution is 8.00. The first kappa shape index (κ1) is 14.9. The second kappa shape index (κ2) is 6.30. The second-order valence-electron chi connectivity index (χ2n) is 5.27. The van der Waals surface area contributed by atoms with E-state index in [1.165, 1.54) is 17.8 Å². The van der Waals surface area contributed by atoms with E-state index in [0.717, 1.165) is 25.9 Å². The molecule has 1 amide bonds. The molecule has 1 aromatic rings. The number of hydrogen-bond acceptors (Lipinski definition) is 6. The van der Waals surface area contributed by atoms with Crippen molar-refractivity contribution in [3.63, 3.8) is 0 Å². The van der Waals surface area contributed by atoms with Gasteiger partial charge in [-0.05, 0) is 25.7 Å². The summed E-state index contributed by atoms with van der Waals surface area (Å²) in [4.78, 5) is 22.5. The fourth-order valence-electron chi connectivity index (χ4n) is 2.21. The van der Waals surface area contributed by atoms with Crippen molar-refractivity contribution in [2.75, 3.05) is 24.6 Å². The van der Waals surface area contributed by atoms with E-state index < -0.39 is 0 Å². The van der Waals surface area contributed by atoms with Gasteiger partial charge in [0.2, 0.25) is 5.91 Å². The first-order valence-electron chi connectivity index (χ1n) is 6.81. The van der Waals surface area contributed by atoms with Gasteiger partial charge in [0, 0.05) is 19.2 Å². The number of nitrogen functional groups attached to an aromatic ring is 2. The Morgan fingerprint density at radius 2 is 1.90 bits per heavy atom. The molecule has 0 spiro atoms. The maximum Gasteiger partial charge on any atom is 0.235 e. The van der Waals surface area contributed by atoms with Gasteiger partial charge in [-0.3, -0.25) is 4.79 Å². The number of nitrogens with two attached hydrogens (primary N) is 2. The van der Waals surface area contributed by atoms with Crippen LogP contribution in [0.15, 0.2) is 11.2 Å². The molecule has 1 saturated heterocycles. The minimum Gasteiger partial charge on any atom is -0.383 e. The van der Waals surface area contributed by atoms with Crippen LogP contribution in [0.4, 0.5) is 11.6 Å². The summed E-state index contributed by atoms with van der Waals surface area (Å²) in [7, 11) is 0. The smallest absolute Gasteiger partial charge is 0.235 e. The van der Waals surface area contributed by atoms with Crippen molar-refractivity contribution < 1.29 is 4.79 Å². The molecule has 1 atom stereocenters. The first-order valence-corrected chi connectivity index (χ1v) is 7.69. The van der Waals surface area contributed by atoms with Crippen LogP contribution in [0.3, 0.4) is 0 Å². The van der Waals surface area contributed by atoms with Gasteiger partial charge in [-0.15, -0.1) is 0 Å². The maximum atomic E-state index is 12.4. The Morgan fingerprint density at radius 3 is 2.45 bits per heavy atom. The number of thioether (sulfide) groups is 1. The molecule has 0 bridgehead atoms. The molecule has 0 unspecified atom stereocenters. The van der Waals surface area contributed by atoms with Gasteiger partial charge in [0.1, 0.15) is 11.6 Å². The molecule has 1 aliphatic rings. The zero-order valence-corrected chi connectivity index (χ0v) is 12.7. The van der Waals surface area contributed by atoms with Crippen LogP contribution in [0, 0.1) is 5.92 Å². The summed E-state index contributed by atoms with van der Waals surface area (Å²) in [5.74, 6) is 1.49. The molecule has 1 aromatic heterocycles. The van der Waals surface area contributed by atoms with E-state index >= 15 is 0 Å². The quantitative estimate of drug-likeness (QED) is 0.646. The average Bonchev–Trinajstić information content (AvgIpc) is 2.37. The van der Waals surface area contributed by atoms with E-state index in [-0.39, 0.29) is 11.2 Å². The molecule has 6 nitrogen and oxygen atoms in total. The minimum absolute atomic E-state index is 0.131. The minimum atomic E-state index is -0.232. The number of piperidine rings is 1. The van der Waals surface area contributed by atoms with Crippen LogP contribution < -0.4 is 11.5 Å². The fraction of sp³-hybridized carbons (Fsp3) is 0.615. The van der Waals surface area contributed by atoms with Gasteiger partial charge in [-0.25, -0.2) is 9.97 Å². The zero-order valence-electron chi connectivity index (χ0n) is 11.9. The van der Waals surface area contributed by atoms with Gasteiger partial charge < -0.3 is 16.4 Å². The monoisotopic (exact) mass is 295 g/mol. The van der Waals surface area contributed by atoms with Gasteiger partial charge in [0.05, 0.1) is 5.25 Å². The van der Waals surface area contributed by atoms with Crippen molar-refractivity contribution in [2.45, 2.75) is 37.1 Å². The number of nitrogens with zero attached hydrogens (tertiary/aromatic N) is 3. The van der Waals surface area contributed by atoms with Gasteiger partial charge >= 0.3 is 0 Å².